The Labute approximate surface area is 250 Å². The fourth-order valence-corrected chi connectivity index (χ4v) is 8.74. The average molecular weight is 635 g/mol. The number of aryl methyl sites for hydroxylation is 1. The van der Waals surface area contributed by atoms with Crippen LogP contribution >= 0.6 is 34.9 Å². The van der Waals surface area contributed by atoms with Crippen LogP contribution in [0.4, 0.5) is 11.4 Å². The van der Waals surface area contributed by atoms with E-state index in [0.29, 0.717) is 26.7 Å². The van der Waals surface area contributed by atoms with E-state index in [1.807, 2.05) is 6.07 Å². The molecule has 0 radical (unpaired) electrons. The molecule has 1 heterocycles. The normalized spacial score (nSPS) is 11.1. The van der Waals surface area contributed by atoms with Gasteiger partial charge in [0.05, 0.1) is 44.6 Å². The number of nitrogens with zero attached hydrogens (tertiary/aromatic N) is 1. The molecule has 1 amide bonds. The maximum absolute atomic E-state index is 14.4. The van der Waals surface area contributed by atoms with Crippen LogP contribution in [-0.4, -0.2) is 57.0 Å². The number of thioether (sulfide) groups is 2. The smallest absolute Gasteiger partial charge is 0.306 e. The van der Waals surface area contributed by atoms with Crippen molar-refractivity contribution >= 4 is 79.7 Å². The van der Waals surface area contributed by atoms with Crippen LogP contribution in [-0.2, 0) is 24.2 Å². The van der Waals surface area contributed by atoms with Crippen molar-refractivity contribution in [1.29, 1.82) is 5.41 Å². The molecule has 15 heteroatoms. The van der Waals surface area contributed by atoms with Gasteiger partial charge in [-0.25, -0.2) is 13.4 Å². The Morgan fingerprint density at radius 2 is 1.83 bits per heavy atom. The molecule has 0 aliphatic carbocycles. The lowest BCUT2D eigenvalue weighted by atomic mass is 9.97. The van der Waals surface area contributed by atoms with Gasteiger partial charge < -0.3 is 27.3 Å². The maximum atomic E-state index is 14.4. The highest BCUT2D eigenvalue weighted by Gasteiger charge is 2.33. The summed E-state index contributed by atoms with van der Waals surface area (Å²) in [5.74, 6) is -1.26. The van der Waals surface area contributed by atoms with E-state index in [1.54, 1.807) is 43.5 Å². The third-order valence-electron chi connectivity index (χ3n) is 5.62. The molecule has 3 aromatic rings. The molecule has 11 nitrogen and oxygen atoms in total. The Balaban J connectivity index is 2.29. The highest BCUT2D eigenvalue weighted by molar-refractivity contribution is 8.01. The second kappa shape index (κ2) is 13.9. The first kappa shape index (κ1) is 32.0. The minimum absolute atomic E-state index is 0.0115. The molecule has 0 bridgehead atoms. The first-order chi connectivity index (χ1) is 19.4. The van der Waals surface area contributed by atoms with Crippen LogP contribution in [0.3, 0.4) is 0 Å². The molecule has 8 N–H and O–H groups in total. The molecule has 3 rings (SSSR count). The van der Waals surface area contributed by atoms with Crippen molar-refractivity contribution in [1.82, 2.24) is 0 Å². The number of hydrogen-bond acceptors (Lipinski definition) is 10. The fraction of sp³-hybridized carbons (Fsp3) is 0.231. The van der Waals surface area contributed by atoms with Crippen LogP contribution in [0.2, 0.25) is 0 Å². The van der Waals surface area contributed by atoms with E-state index in [2.05, 4.69) is 15.0 Å². The summed E-state index contributed by atoms with van der Waals surface area (Å²) in [4.78, 5) is 28.7. The summed E-state index contributed by atoms with van der Waals surface area (Å²) in [6, 6.07) is 11.9. The zero-order valence-electron chi connectivity index (χ0n) is 22.5. The molecule has 0 aliphatic heterocycles. The van der Waals surface area contributed by atoms with E-state index in [4.69, 9.17) is 22.6 Å². The van der Waals surface area contributed by atoms with Crippen molar-refractivity contribution in [2.75, 3.05) is 30.2 Å². The van der Waals surface area contributed by atoms with E-state index in [9.17, 15) is 18.0 Å². The highest BCUT2D eigenvalue weighted by atomic mass is 32.2. The number of carbonyl (C=O) groups excluding carboxylic acids is 2. The number of anilines is 1. The summed E-state index contributed by atoms with van der Waals surface area (Å²) in [5, 5.41) is 10.6. The lowest BCUT2D eigenvalue weighted by Gasteiger charge is -2.21. The van der Waals surface area contributed by atoms with Crippen molar-refractivity contribution in [2.45, 2.75) is 27.3 Å². The number of benzene rings is 2. The van der Waals surface area contributed by atoms with Crippen molar-refractivity contribution in [2.24, 2.45) is 22.2 Å². The van der Waals surface area contributed by atoms with E-state index in [1.165, 1.54) is 36.7 Å². The third-order valence-corrected chi connectivity index (χ3v) is 11.0. The molecule has 0 spiro atoms. The van der Waals surface area contributed by atoms with E-state index in [-0.39, 0.29) is 50.0 Å². The number of thiophene rings is 1. The minimum Gasteiger partial charge on any atom is -0.469 e. The van der Waals surface area contributed by atoms with Crippen LogP contribution < -0.4 is 22.5 Å². The number of hydrogen-bond donors (Lipinski definition) is 5. The zero-order valence-corrected chi connectivity index (χ0v) is 25.8. The molecule has 2 aromatic carbocycles. The van der Waals surface area contributed by atoms with Gasteiger partial charge in [-0.1, -0.05) is 30.3 Å². The van der Waals surface area contributed by atoms with Crippen LogP contribution in [0.1, 0.15) is 16.9 Å². The van der Waals surface area contributed by atoms with Crippen molar-refractivity contribution < 1.29 is 22.7 Å². The van der Waals surface area contributed by atoms with E-state index in [0.717, 1.165) is 11.3 Å². The van der Waals surface area contributed by atoms with Gasteiger partial charge in [-0.2, -0.15) is 11.8 Å². The summed E-state index contributed by atoms with van der Waals surface area (Å²) in [6.07, 6.45) is 1.83. The Morgan fingerprint density at radius 1 is 1.15 bits per heavy atom. The van der Waals surface area contributed by atoms with Crippen molar-refractivity contribution in [3.05, 3.63) is 52.9 Å². The van der Waals surface area contributed by atoms with Crippen LogP contribution in [0.25, 0.3) is 11.1 Å². The zero-order chi connectivity index (χ0) is 30.3. The van der Waals surface area contributed by atoms with Gasteiger partial charge in [0.15, 0.2) is 5.96 Å². The number of amides is 1. The molecule has 0 aliphatic rings. The number of sulfone groups is 1. The summed E-state index contributed by atoms with van der Waals surface area (Å²) in [7, 11) is -3.11. The topological polar surface area (TPSA) is 204 Å². The predicted molar refractivity (Wildman–Crippen MR) is 167 cm³/mol. The molecule has 0 unspecified atom stereocenters. The van der Waals surface area contributed by atoms with Gasteiger partial charge in [0.2, 0.25) is 15.7 Å². The summed E-state index contributed by atoms with van der Waals surface area (Å²) in [5.41, 5.74) is 18.8. The number of nitrogens with two attached hydrogens (primary N) is 3. The van der Waals surface area contributed by atoms with Gasteiger partial charge in [-0.15, -0.1) is 23.1 Å². The molecular weight excluding hydrogens is 605 g/mol. The lowest BCUT2D eigenvalue weighted by molar-refractivity contribution is -0.140. The predicted octanol–water partition coefficient (Wildman–Crippen LogP) is 3.70. The van der Waals surface area contributed by atoms with Gasteiger partial charge in [-0.05, 0) is 36.4 Å². The monoisotopic (exact) mass is 634 g/mol. The van der Waals surface area contributed by atoms with Gasteiger partial charge in [0.1, 0.15) is 10.7 Å². The standard InChI is InChI=1S/C26H30N6O5S4/c1-14-11-16(31-26(29)30)23(41(35,36)18-12-17(24(27)28)40-25(18)38-3)22(21(14)15-7-5-4-6-8-15)32-19(33)13-39-10-9-20(34)37-2/h4-8,11-12H,9-10,13H2,1-3H3,(H3,27,28)(H,32,33)(H4,29,30,31). The number of nitrogen functional groups attached to an aromatic ring is 1. The quantitative estimate of drug-likeness (QED) is 0.0642. The Morgan fingerprint density at radius 3 is 2.41 bits per heavy atom. The SMILES string of the molecule is COC(=O)CCSCC(=O)Nc1c(-c2ccccc2)c(C)cc(N=C(N)N)c1S(=O)(=O)c1cc(C(=N)N)sc1SC. The number of rotatable bonds is 12. The lowest BCUT2D eigenvalue weighted by Crippen LogP contribution is -2.23. The van der Waals surface area contributed by atoms with Gasteiger partial charge in [0.25, 0.3) is 0 Å². The Bertz CT molecular complexity index is 1600. The molecule has 0 saturated carbocycles. The van der Waals surface area contributed by atoms with Gasteiger partial charge >= 0.3 is 5.97 Å². The summed E-state index contributed by atoms with van der Waals surface area (Å²) in [6.45, 7) is 1.76. The first-order valence-corrected chi connectivity index (χ1v) is 16.6. The van der Waals surface area contributed by atoms with Crippen molar-refractivity contribution in [3.8, 4) is 11.1 Å². The number of aliphatic imine (C=N–C) groups is 1. The number of nitrogens with one attached hydrogen (secondary N) is 2. The summed E-state index contributed by atoms with van der Waals surface area (Å²) < 4.78 is 33.9. The third kappa shape index (κ3) is 7.61. The second-order valence-electron chi connectivity index (χ2n) is 8.50. The minimum atomic E-state index is -4.40. The Hall–Kier alpha value is -3.53. The molecule has 41 heavy (non-hydrogen) atoms. The maximum Gasteiger partial charge on any atom is 0.306 e. The Kier molecular flexibility index (Phi) is 10.8. The molecule has 0 atom stereocenters. The van der Waals surface area contributed by atoms with E-state index >= 15 is 0 Å². The van der Waals surface area contributed by atoms with Crippen LogP contribution in [0.5, 0.6) is 0 Å². The highest BCUT2D eigenvalue weighted by Crippen LogP contribution is 2.47. The van der Waals surface area contributed by atoms with Gasteiger partial charge in [0, 0.05) is 11.3 Å². The number of amidine groups is 1. The average Bonchev–Trinajstić information content (AvgIpc) is 3.37. The molecule has 1 aromatic heterocycles. The largest absolute Gasteiger partial charge is 0.469 e. The van der Waals surface area contributed by atoms with Gasteiger partial charge in [-0.3, -0.25) is 15.0 Å². The molecule has 0 fully saturated rings. The number of methoxy groups -OCH3 is 1. The van der Waals surface area contributed by atoms with Crippen LogP contribution in [0, 0.1) is 12.3 Å². The van der Waals surface area contributed by atoms with E-state index < -0.39 is 21.7 Å². The van der Waals surface area contributed by atoms with Crippen LogP contribution in [0.15, 0.2) is 61.5 Å². The molecule has 0 saturated heterocycles. The molecular formula is C26H30N6O5S4. The number of ether oxygens (including phenoxy) is 1. The second-order valence-corrected chi connectivity index (χ2v) is 13.6. The number of guanidine groups is 1. The number of esters is 1. The molecule has 218 valence electrons. The van der Waals surface area contributed by atoms with Crippen molar-refractivity contribution in [3.63, 3.8) is 0 Å². The number of carbonyl (C=O) groups is 2. The fourth-order valence-electron chi connectivity index (χ4n) is 3.90. The first-order valence-electron chi connectivity index (χ1n) is 11.9. The summed E-state index contributed by atoms with van der Waals surface area (Å²) >= 11 is 3.46.